The lowest BCUT2D eigenvalue weighted by Crippen LogP contribution is -2.17. The molecule has 0 aliphatic heterocycles. The van der Waals surface area contributed by atoms with Crippen LogP contribution in [0.5, 0.6) is 0 Å². The molecule has 6 nitrogen and oxygen atoms in total. The van der Waals surface area contributed by atoms with Crippen molar-refractivity contribution in [2.45, 2.75) is 6.92 Å². The SMILES string of the molecule is Cc1ccc(C(N)=NO)c(-n2ccnc2)n1. The second kappa shape index (κ2) is 4.01. The highest BCUT2D eigenvalue weighted by Gasteiger charge is 2.10. The van der Waals surface area contributed by atoms with Gasteiger partial charge in [0.15, 0.2) is 5.84 Å². The van der Waals surface area contributed by atoms with Gasteiger partial charge < -0.3 is 10.9 Å². The Morgan fingerprint density at radius 2 is 2.31 bits per heavy atom. The van der Waals surface area contributed by atoms with E-state index in [1.165, 1.54) is 0 Å². The van der Waals surface area contributed by atoms with Crippen molar-refractivity contribution in [2.75, 3.05) is 0 Å². The molecule has 0 aromatic carbocycles. The number of rotatable bonds is 2. The molecule has 0 radical (unpaired) electrons. The Kier molecular flexibility index (Phi) is 2.55. The van der Waals surface area contributed by atoms with Gasteiger partial charge in [0.2, 0.25) is 0 Å². The van der Waals surface area contributed by atoms with Crippen LogP contribution in [0, 0.1) is 6.92 Å². The summed E-state index contributed by atoms with van der Waals surface area (Å²) < 4.78 is 1.71. The molecule has 2 rings (SSSR count). The first-order valence-corrected chi connectivity index (χ1v) is 4.66. The molecule has 0 spiro atoms. The lowest BCUT2D eigenvalue weighted by Gasteiger charge is -2.08. The Morgan fingerprint density at radius 3 is 2.94 bits per heavy atom. The number of pyridine rings is 1. The van der Waals surface area contributed by atoms with Crippen molar-refractivity contribution in [1.82, 2.24) is 14.5 Å². The molecule has 0 aliphatic rings. The molecule has 0 atom stereocenters. The Bertz CT molecular complexity index is 518. The number of oxime groups is 1. The summed E-state index contributed by atoms with van der Waals surface area (Å²) in [6.45, 7) is 1.87. The molecule has 82 valence electrons. The summed E-state index contributed by atoms with van der Waals surface area (Å²) >= 11 is 0. The zero-order chi connectivity index (χ0) is 11.5. The zero-order valence-electron chi connectivity index (χ0n) is 8.70. The maximum absolute atomic E-state index is 8.69. The molecule has 0 amide bonds. The minimum Gasteiger partial charge on any atom is -0.409 e. The van der Waals surface area contributed by atoms with Crippen LogP contribution in [0.25, 0.3) is 5.82 Å². The second-order valence-corrected chi connectivity index (χ2v) is 3.28. The minimum atomic E-state index is 0.0243. The molecule has 0 fully saturated rings. The van der Waals surface area contributed by atoms with E-state index in [9.17, 15) is 0 Å². The molecule has 2 aromatic rings. The molecule has 0 aliphatic carbocycles. The van der Waals surface area contributed by atoms with Crippen LogP contribution < -0.4 is 5.73 Å². The van der Waals surface area contributed by atoms with Gasteiger partial charge in [0.05, 0.1) is 5.56 Å². The van der Waals surface area contributed by atoms with Crippen molar-refractivity contribution in [1.29, 1.82) is 0 Å². The third kappa shape index (κ3) is 1.72. The van der Waals surface area contributed by atoms with Crippen molar-refractivity contribution in [3.8, 4) is 5.82 Å². The van der Waals surface area contributed by atoms with Crippen molar-refractivity contribution in [3.05, 3.63) is 42.1 Å². The Labute approximate surface area is 92.1 Å². The first-order valence-electron chi connectivity index (χ1n) is 4.66. The van der Waals surface area contributed by atoms with E-state index in [-0.39, 0.29) is 5.84 Å². The summed E-state index contributed by atoms with van der Waals surface area (Å²) in [5.41, 5.74) is 6.98. The van der Waals surface area contributed by atoms with Gasteiger partial charge >= 0.3 is 0 Å². The smallest absolute Gasteiger partial charge is 0.173 e. The van der Waals surface area contributed by atoms with Crippen molar-refractivity contribution in [3.63, 3.8) is 0 Å². The van der Waals surface area contributed by atoms with Gasteiger partial charge in [0, 0.05) is 18.1 Å². The first kappa shape index (κ1) is 10.2. The van der Waals surface area contributed by atoms with E-state index in [0.29, 0.717) is 11.4 Å². The molecule has 0 saturated carbocycles. The molecular formula is C10H11N5O. The summed E-state index contributed by atoms with van der Waals surface area (Å²) in [5.74, 6) is 0.615. The van der Waals surface area contributed by atoms with Crippen LogP contribution >= 0.6 is 0 Å². The third-order valence-electron chi connectivity index (χ3n) is 2.15. The van der Waals surface area contributed by atoms with Gasteiger partial charge in [-0.1, -0.05) is 5.16 Å². The summed E-state index contributed by atoms with van der Waals surface area (Å²) in [4.78, 5) is 8.27. The molecule has 0 saturated heterocycles. The van der Waals surface area contributed by atoms with Crippen molar-refractivity contribution >= 4 is 5.84 Å². The highest BCUT2D eigenvalue weighted by atomic mass is 16.4. The number of nitrogens with zero attached hydrogens (tertiary/aromatic N) is 4. The highest BCUT2D eigenvalue weighted by molar-refractivity contribution is 5.99. The van der Waals surface area contributed by atoms with E-state index in [2.05, 4.69) is 15.1 Å². The molecule has 2 heterocycles. The lowest BCUT2D eigenvalue weighted by molar-refractivity contribution is 0.318. The molecule has 16 heavy (non-hydrogen) atoms. The summed E-state index contributed by atoms with van der Waals surface area (Å²) in [6, 6.07) is 3.56. The van der Waals surface area contributed by atoms with Crippen LogP contribution in [0.15, 0.2) is 36.0 Å². The van der Waals surface area contributed by atoms with Gasteiger partial charge in [-0.25, -0.2) is 9.97 Å². The van der Waals surface area contributed by atoms with E-state index in [1.54, 1.807) is 35.4 Å². The van der Waals surface area contributed by atoms with Crippen LogP contribution in [0.1, 0.15) is 11.3 Å². The normalized spacial score (nSPS) is 11.7. The summed E-state index contributed by atoms with van der Waals surface area (Å²) in [6.07, 6.45) is 4.99. The van der Waals surface area contributed by atoms with Crippen LogP contribution in [0.3, 0.4) is 0 Å². The first-order chi connectivity index (χ1) is 7.72. The fourth-order valence-corrected chi connectivity index (χ4v) is 1.38. The maximum Gasteiger partial charge on any atom is 0.173 e. The molecule has 2 aromatic heterocycles. The predicted octanol–water partition coefficient (Wildman–Crippen LogP) is 0.670. The maximum atomic E-state index is 8.69. The Morgan fingerprint density at radius 1 is 1.50 bits per heavy atom. The topological polar surface area (TPSA) is 89.3 Å². The predicted molar refractivity (Wildman–Crippen MR) is 58.6 cm³/mol. The van der Waals surface area contributed by atoms with Crippen molar-refractivity contribution in [2.24, 2.45) is 10.9 Å². The number of imidazole rings is 1. The van der Waals surface area contributed by atoms with Gasteiger partial charge in [0.1, 0.15) is 12.1 Å². The van der Waals surface area contributed by atoms with E-state index in [0.717, 1.165) is 5.69 Å². The average Bonchev–Trinajstić information content (AvgIpc) is 2.81. The van der Waals surface area contributed by atoms with Crippen LogP contribution in [0.2, 0.25) is 0 Å². The van der Waals surface area contributed by atoms with Crippen LogP contribution in [-0.2, 0) is 0 Å². The molecule has 6 heteroatoms. The number of aryl methyl sites for hydroxylation is 1. The van der Waals surface area contributed by atoms with Gasteiger partial charge in [-0.2, -0.15) is 0 Å². The Hall–Kier alpha value is -2.37. The van der Waals surface area contributed by atoms with Gasteiger partial charge in [-0.05, 0) is 19.1 Å². The third-order valence-corrected chi connectivity index (χ3v) is 2.15. The number of aromatic nitrogens is 3. The van der Waals surface area contributed by atoms with Crippen LogP contribution in [0.4, 0.5) is 0 Å². The van der Waals surface area contributed by atoms with Gasteiger partial charge in [0.25, 0.3) is 0 Å². The number of nitrogens with two attached hydrogens (primary N) is 1. The van der Waals surface area contributed by atoms with Gasteiger partial charge in [-0.3, -0.25) is 4.57 Å². The fraction of sp³-hybridized carbons (Fsp3) is 0.100. The van der Waals surface area contributed by atoms with E-state index >= 15 is 0 Å². The zero-order valence-corrected chi connectivity index (χ0v) is 8.70. The number of hydrogen-bond donors (Lipinski definition) is 2. The molecule has 0 unspecified atom stereocenters. The van der Waals surface area contributed by atoms with E-state index < -0.39 is 0 Å². The van der Waals surface area contributed by atoms with Crippen LogP contribution in [-0.4, -0.2) is 25.6 Å². The highest BCUT2D eigenvalue weighted by Crippen LogP contribution is 2.12. The standard InChI is InChI=1S/C10H11N5O/c1-7-2-3-8(9(11)14-16)10(13-7)15-5-4-12-6-15/h2-6,16H,1H3,(H2,11,14). The second-order valence-electron chi connectivity index (χ2n) is 3.28. The Balaban J connectivity index is 2.62. The number of hydrogen-bond acceptors (Lipinski definition) is 4. The van der Waals surface area contributed by atoms with E-state index in [4.69, 9.17) is 10.9 Å². The molecule has 3 N–H and O–H groups in total. The fourth-order valence-electron chi connectivity index (χ4n) is 1.38. The van der Waals surface area contributed by atoms with Gasteiger partial charge in [-0.15, -0.1) is 0 Å². The largest absolute Gasteiger partial charge is 0.409 e. The molecular weight excluding hydrogens is 206 g/mol. The average molecular weight is 217 g/mol. The molecule has 0 bridgehead atoms. The quantitative estimate of drug-likeness (QED) is 0.335. The van der Waals surface area contributed by atoms with E-state index in [1.807, 2.05) is 6.92 Å². The summed E-state index contributed by atoms with van der Waals surface area (Å²) in [5, 5.41) is 11.7. The minimum absolute atomic E-state index is 0.0243. The lowest BCUT2D eigenvalue weighted by atomic mass is 10.2. The van der Waals surface area contributed by atoms with Crippen molar-refractivity contribution < 1.29 is 5.21 Å². The monoisotopic (exact) mass is 217 g/mol. The number of amidine groups is 1. The summed E-state index contributed by atoms with van der Waals surface area (Å²) in [7, 11) is 0.